The SMILES string of the molecule is CCN(CCCS(=O)(=O)O)c1ccc2c(C(C)(C)C)cc(/C=C/C=C3\N(CCCS(=O)(=O)O)c4ccc(S(=O)(=O)[O-])cc4C3(C)CCCC(=O)N[C@@H](Cc3ccccc3)C(=O)N[C@@H](Cc3ccccc3)C(=O)NCC(=O)NCCNC(=O)[C@H](Cc3ccccc3)NC(=O)CC[C@H](NC(=S)N[C@@H](CCC(=O)O)C(=O)O)C(=O)O)[o+]c2c1. The monoisotopic (exact) mass is 1670 g/mol. The summed E-state index contributed by atoms with van der Waals surface area (Å²) < 4.78 is 111. The third-order valence-corrected chi connectivity index (χ3v) is 21.7. The molecule has 2 heterocycles. The van der Waals surface area contributed by atoms with E-state index in [1.807, 2.05) is 56.9 Å². The predicted octanol–water partition coefficient (Wildman–Crippen LogP) is 5.69. The summed E-state index contributed by atoms with van der Waals surface area (Å²) in [6.07, 6.45) is 3.13. The molecule has 7 rings (SSSR count). The first-order chi connectivity index (χ1) is 54.2. The summed E-state index contributed by atoms with van der Waals surface area (Å²) in [6, 6.07) is 30.4. The number of carbonyl (C=O) groups is 9. The van der Waals surface area contributed by atoms with Crippen LogP contribution in [0.1, 0.15) is 126 Å². The number of rotatable bonds is 44. The first-order valence-electron chi connectivity index (χ1n) is 37.1. The number of carboxylic acids is 3. The van der Waals surface area contributed by atoms with Crippen LogP contribution in [0.15, 0.2) is 161 Å². The number of allylic oxidation sites excluding steroid dienone is 3. The highest BCUT2D eigenvalue weighted by molar-refractivity contribution is 7.86. The minimum absolute atomic E-state index is 0.0164. The average Bonchev–Trinajstić information content (AvgIpc) is 1.58. The molecule has 0 spiro atoms. The van der Waals surface area contributed by atoms with E-state index in [0.717, 1.165) is 22.7 Å². The number of thiocarbonyl (C=S) groups is 1. The zero-order chi connectivity index (χ0) is 84.4. The lowest BCUT2D eigenvalue weighted by molar-refractivity contribution is -0.141. The molecule has 620 valence electrons. The van der Waals surface area contributed by atoms with E-state index in [2.05, 4.69) is 42.5 Å². The fourth-order valence-corrected chi connectivity index (χ4v) is 15.0. The number of nitrogens with zero attached hydrogens (tertiary/aromatic N) is 2. The number of carbonyl (C=O) groups excluding carboxylic acids is 6. The van der Waals surface area contributed by atoms with Gasteiger partial charge in [0.05, 0.1) is 34.4 Å². The minimum Gasteiger partial charge on any atom is -0.744 e. The number of carboxylic acid groups (broad SMARTS) is 3. The van der Waals surface area contributed by atoms with Crippen LogP contribution in [0.3, 0.4) is 0 Å². The Morgan fingerprint density at radius 3 is 1.65 bits per heavy atom. The van der Waals surface area contributed by atoms with E-state index >= 15 is 0 Å². The van der Waals surface area contributed by atoms with Crippen molar-refractivity contribution in [3.8, 4) is 0 Å². The molecule has 1 aromatic heterocycles. The smallest absolute Gasteiger partial charge is 0.363 e. The maximum atomic E-state index is 14.7. The lowest BCUT2D eigenvalue weighted by Crippen LogP contribution is -2.56. The molecule has 0 fully saturated rings. The molecule has 5 aromatic carbocycles. The fraction of sp³-hybridized carbons (Fsp3) is 0.405. The van der Waals surface area contributed by atoms with Gasteiger partial charge in [-0.05, 0) is 134 Å². The van der Waals surface area contributed by atoms with Crippen molar-refractivity contribution in [3.05, 3.63) is 185 Å². The van der Waals surface area contributed by atoms with E-state index in [1.54, 1.807) is 121 Å². The van der Waals surface area contributed by atoms with Crippen molar-refractivity contribution in [1.29, 1.82) is 0 Å². The molecule has 1 aliphatic heterocycles. The van der Waals surface area contributed by atoms with Gasteiger partial charge in [0.15, 0.2) is 5.11 Å². The fourth-order valence-electron chi connectivity index (χ4n) is 13.2. The second-order valence-corrected chi connectivity index (χ2v) is 33.8. The average molecular weight is 1670 g/mol. The molecule has 32 nitrogen and oxygen atoms in total. The molecule has 0 saturated heterocycles. The number of aliphatic carboxylic acids is 3. The summed E-state index contributed by atoms with van der Waals surface area (Å²) in [7, 11) is -13.7. The van der Waals surface area contributed by atoms with Crippen molar-refractivity contribution in [2.45, 2.75) is 158 Å². The van der Waals surface area contributed by atoms with Crippen molar-refractivity contribution in [3.63, 3.8) is 0 Å². The molecular weight excluding hydrogens is 1570 g/mol. The molecule has 0 saturated carbocycles. The minimum atomic E-state index is -5.06. The van der Waals surface area contributed by atoms with Gasteiger partial charge in [0.2, 0.25) is 35.4 Å². The Balaban J connectivity index is 1.05. The second-order valence-electron chi connectivity index (χ2n) is 28.8. The van der Waals surface area contributed by atoms with Gasteiger partial charge in [0.25, 0.3) is 20.2 Å². The number of fused-ring (bicyclic) bond motifs is 2. The molecular formula is C79H98N10O22S4. The summed E-state index contributed by atoms with van der Waals surface area (Å²) in [6.45, 7) is 9.60. The Hall–Kier alpha value is -10.8. The molecule has 1 unspecified atom stereocenters. The first-order valence-corrected chi connectivity index (χ1v) is 42.1. The van der Waals surface area contributed by atoms with Crippen LogP contribution in [0.2, 0.25) is 0 Å². The van der Waals surface area contributed by atoms with Crippen LogP contribution < -0.4 is 52.3 Å². The molecule has 1 aliphatic rings. The molecule has 6 aromatic rings. The van der Waals surface area contributed by atoms with Crippen LogP contribution in [0.5, 0.6) is 0 Å². The molecule has 36 heteroatoms. The third-order valence-electron chi connectivity index (χ3n) is 19.0. The summed E-state index contributed by atoms with van der Waals surface area (Å²) in [5, 5.41) is 49.6. The van der Waals surface area contributed by atoms with Gasteiger partial charge in [-0.3, -0.25) is 42.7 Å². The van der Waals surface area contributed by atoms with Gasteiger partial charge < -0.3 is 72.2 Å². The lowest BCUT2D eigenvalue weighted by atomic mass is 9.77. The van der Waals surface area contributed by atoms with E-state index in [0.29, 0.717) is 58.1 Å². The molecule has 6 atom stereocenters. The van der Waals surface area contributed by atoms with E-state index < -0.39 is 166 Å². The van der Waals surface area contributed by atoms with E-state index in [1.165, 1.54) is 12.1 Å². The number of hydrogen-bond acceptors (Lipinski definition) is 19. The Morgan fingerprint density at radius 2 is 1.12 bits per heavy atom. The van der Waals surface area contributed by atoms with Crippen LogP contribution in [0.25, 0.3) is 17.0 Å². The predicted molar refractivity (Wildman–Crippen MR) is 432 cm³/mol. The van der Waals surface area contributed by atoms with Gasteiger partial charge in [-0.1, -0.05) is 118 Å². The zero-order valence-corrected chi connectivity index (χ0v) is 67.4. The highest BCUT2D eigenvalue weighted by atomic mass is 32.2. The molecule has 0 aliphatic carbocycles. The molecule has 6 amide bonds. The highest BCUT2D eigenvalue weighted by Crippen LogP contribution is 2.51. The van der Waals surface area contributed by atoms with E-state index in [4.69, 9.17) is 21.7 Å². The normalized spacial score (nSPS) is 15.3. The summed E-state index contributed by atoms with van der Waals surface area (Å²) >= 11 is 5.09. The Labute approximate surface area is 673 Å². The Morgan fingerprint density at radius 1 is 0.600 bits per heavy atom. The molecule has 0 bridgehead atoms. The van der Waals surface area contributed by atoms with Gasteiger partial charge in [0.1, 0.15) is 40.3 Å². The lowest BCUT2D eigenvalue weighted by Gasteiger charge is -2.30. The van der Waals surface area contributed by atoms with Crippen molar-refractivity contribution in [2.75, 3.05) is 60.6 Å². The maximum absolute atomic E-state index is 14.7. The quantitative estimate of drug-likeness (QED) is 0.00945. The number of amides is 6. The van der Waals surface area contributed by atoms with Crippen LogP contribution in [-0.4, -0.2) is 194 Å². The molecule has 115 heavy (non-hydrogen) atoms. The largest absolute Gasteiger partial charge is 0.744 e. The Kier molecular flexibility index (Phi) is 33.4. The van der Waals surface area contributed by atoms with Gasteiger partial charge >= 0.3 is 29.3 Å². The number of anilines is 2. The van der Waals surface area contributed by atoms with Crippen molar-refractivity contribution >= 4 is 129 Å². The van der Waals surface area contributed by atoms with Crippen molar-refractivity contribution < 1.29 is 102 Å². The second kappa shape index (κ2) is 42.0. The summed E-state index contributed by atoms with van der Waals surface area (Å²) in [4.78, 5) is 122. The zero-order valence-electron chi connectivity index (χ0n) is 64.2. The topological polar surface area (TPSA) is 494 Å². The van der Waals surface area contributed by atoms with Gasteiger partial charge in [-0.15, -0.1) is 0 Å². The standard InChI is InChI=1S/C79H98N10O22S4/c1-6-88(40-18-42-113(102,103)104)54-29-31-57-58(78(2,3)4)48-55(111-66(57)47-54)26-16-27-67-79(5,59-49-56(115(108,109)110)30-34-65(59)89(67)41-19-43-114(105,106)107)37-17-28-68(90)84-64(46-53-24-14-9-15-25-53)74(97)85-63(45-52-22-12-8-13-23-52)73(96)82-50-70(92)80-38-39-81-72(95)62(44-51-20-10-7-11-21-51)83-69(91)35-32-60(75(98)99)86-77(112)87-61(76(100)101)33-36-71(93)94/h7-16,20-27,29-31,34,47-49,60-64H,6,17-19,28,32-33,35-46,50H2,1-5H3,(H13-,80,81,82,83,84,85,86,87,90,91,92,93,94,95,96,97,98,99,100,101,102,103,104,105,106,107,108,109,110,112)/b26-16+,67-27-/t60-,61-,62-,63-,64-,79?/m0/s1. The third kappa shape index (κ3) is 29.2. The Bertz CT molecular complexity index is 4900. The van der Waals surface area contributed by atoms with E-state index in [-0.39, 0.29) is 83.8 Å². The van der Waals surface area contributed by atoms with Gasteiger partial charge in [0, 0.05) is 106 Å². The van der Waals surface area contributed by atoms with Crippen LogP contribution in [0, 0.1) is 0 Å². The number of nitrogens with one attached hydrogen (secondary N) is 8. The molecule has 0 radical (unpaired) electrons. The number of benzene rings is 5. The number of hydrogen-bond donors (Lipinski definition) is 13. The summed E-state index contributed by atoms with van der Waals surface area (Å²) in [5.41, 5.74) is 3.58. The highest BCUT2D eigenvalue weighted by Gasteiger charge is 2.44. The van der Waals surface area contributed by atoms with Gasteiger partial charge in [-0.25, -0.2) is 22.4 Å². The van der Waals surface area contributed by atoms with Crippen LogP contribution in [0.4, 0.5) is 11.4 Å². The summed E-state index contributed by atoms with van der Waals surface area (Å²) in [5.74, 6) is -9.15. The maximum Gasteiger partial charge on any atom is 0.363 e. The van der Waals surface area contributed by atoms with Crippen LogP contribution >= 0.6 is 12.2 Å². The van der Waals surface area contributed by atoms with Crippen molar-refractivity contribution in [1.82, 2.24) is 42.5 Å². The first kappa shape index (κ1) is 91.4. The van der Waals surface area contributed by atoms with E-state index in [9.17, 15) is 92.3 Å². The molecule has 13 N–H and O–H groups in total. The van der Waals surface area contributed by atoms with Crippen molar-refractivity contribution in [2.24, 2.45) is 0 Å². The van der Waals surface area contributed by atoms with Gasteiger partial charge in [-0.2, -0.15) is 16.8 Å². The van der Waals surface area contributed by atoms with Crippen LogP contribution in [-0.2, 0) is 104 Å².